The van der Waals surface area contributed by atoms with Crippen LogP contribution >= 0.6 is 0 Å². The zero-order valence-corrected chi connectivity index (χ0v) is 14.5. The van der Waals surface area contributed by atoms with Crippen LogP contribution in [0.1, 0.15) is 91.4 Å². The fourth-order valence-corrected chi connectivity index (χ4v) is 2.57. The molecule has 20 heavy (non-hydrogen) atoms. The van der Waals surface area contributed by atoms with Gasteiger partial charge in [-0.05, 0) is 25.9 Å². The molecule has 0 aromatic carbocycles. The zero-order chi connectivity index (χ0) is 14.9. The minimum absolute atomic E-state index is 1.13. The van der Waals surface area contributed by atoms with Crippen molar-refractivity contribution in [3.05, 3.63) is 12.2 Å². The molecule has 0 aromatic heterocycles. The Balaban J connectivity index is 3.14. The summed E-state index contributed by atoms with van der Waals surface area (Å²) in [6, 6.07) is 0. The van der Waals surface area contributed by atoms with E-state index in [2.05, 4.69) is 37.8 Å². The highest BCUT2D eigenvalue weighted by molar-refractivity contribution is 4.84. The van der Waals surface area contributed by atoms with E-state index in [1.807, 2.05) is 0 Å². The molecule has 120 valence electrons. The monoisotopic (exact) mass is 281 g/mol. The van der Waals surface area contributed by atoms with Gasteiger partial charge in [-0.25, -0.2) is 0 Å². The summed E-state index contributed by atoms with van der Waals surface area (Å²) < 4.78 is 0. The molecule has 0 N–H and O–H groups in total. The lowest BCUT2D eigenvalue weighted by molar-refractivity contribution is 0.337. The molecule has 0 radical (unpaired) electrons. The van der Waals surface area contributed by atoms with Gasteiger partial charge in [-0.2, -0.15) is 0 Å². The summed E-state index contributed by atoms with van der Waals surface area (Å²) >= 11 is 0. The van der Waals surface area contributed by atoms with E-state index in [4.69, 9.17) is 0 Å². The van der Waals surface area contributed by atoms with Gasteiger partial charge in [0.1, 0.15) is 0 Å². The van der Waals surface area contributed by atoms with Gasteiger partial charge < -0.3 is 4.90 Å². The van der Waals surface area contributed by atoms with Crippen LogP contribution in [0.15, 0.2) is 12.2 Å². The predicted molar refractivity (Wildman–Crippen MR) is 93.4 cm³/mol. The van der Waals surface area contributed by atoms with Crippen molar-refractivity contribution >= 4 is 0 Å². The Morgan fingerprint density at radius 1 is 0.600 bits per heavy atom. The number of hydrogen-bond donors (Lipinski definition) is 0. The van der Waals surface area contributed by atoms with Crippen molar-refractivity contribution < 1.29 is 0 Å². The van der Waals surface area contributed by atoms with Crippen LogP contribution in [0, 0.1) is 0 Å². The third-order valence-corrected chi connectivity index (χ3v) is 4.15. The molecular weight excluding hydrogens is 242 g/mol. The van der Waals surface area contributed by atoms with Gasteiger partial charge in [0.25, 0.3) is 0 Å². The van der Waals surface area contributed by atoms with Crippen LogP contribution in [0.2, 0.25) is 0 Å². The van der Waals surface area contributed by atoms with Crippen LogP contribution in [0.25, 0.3) is 0 Å². The number of nitrogens with zero attached hydrogens (tertiary/aromatic N) is 1. The van der Waals surface area contributed by atoms with Crippen LogP contribution in [-0.4, -0.2) is 24.5 Å². The summed E-state index contributed by atoms with van der Waals surface area (Å²) in [6.45, 7) is 10.2. The Hall–Kier alpha value is -0.300. The van der Waals surface area contributed by atoms with Gasteiger partial charge in [0.2, 0.25) is 0 Å². The quantitative estimate of drug-likeness (QED) is 0.255. The molecule has 1 heteroatoms. The Bertz CT molecular complexity index is 194. The van der Waals surface area contributed by atoms with E-state index in [-0.39, 0.29) is 0 Å². The normalized spacial score (nSPS) is 11.8. The molecule has 0 spiro atoms. The van der Waals surface area contributed by atoms with Crippen LogP contribution in [-0.2, 0) is 0 Å². The Labute approximate surface area is 128 Å². The molecule has 0 atom stereocenters. The summed E-state index contributed by atoms with van der Waals surface area (Å²) in [4.78, 5) is 2.45. The highest BCUT2D eigenvalue weighted by Gasteiger charge is 1.94. The molecular formula is C19H39N. The number of likely N-dealkylation sites (N-methyl/N-ethyl adjacent to an activating group) is 1. The smallest absolute Gasteiger partial charge is 0.0162 e. The molecule has 0 aliphatic heterocycles. The standard InChI is InChI=1S/C19H39N/c1-4-7-8-9-10-11-12-13-14-15-16-17-18-19-20(5-2)6-3/h17-18H,4-16,19H2,1-3H3. The molecule has 0 aliphatic rings. The van der Waals surface area contributed by atoms with Crippen molar-refractivity contribution in [3.8, 4) is 0 Å². The Morgan fingerprint density at radius 3 is 1.60 bits per heavy atom. The maximum Gasteiger partial charge on any atom is 0.0162 e. The average molecular weight is 282 g/mol. The molecule has 0 rings (SSSR count). The lowest BCUT2D eigenvalue weighted by Gasteiger charge is -2.14. The molecule has 0 heterocycles. The summed E-state index contributed by atoms with van der Waals surface area (Å²) in [5.74, 6) is 0. The van der Waals surface area contributed by atoms with Crippen molar-refractivity contribution in [2.45, 2.75) is 91.4 Å². The van der Waals surface area contributed by atoms with E-state index in [1.165, 1.54) is 83.7 Å². The molecule has 0 bridgehead atoms. The van der Waals surface area contributed by atoms with Gasteiger partial charge in [0.05, 0.1) is 0 Å². The topological polar surface area (TPSA) is 3.24 Å². The third-order valence-electron chi connectivity index (χ3n) is 4.15. The molecule has 1 nitrogen and oxygen atoms in total. The molecule has 0 unspecified atom stereocenters. The van der Waals surface area contributed by atoms with Gasteiger partial charge in [-0.15, -0.1) is 0 Å². The van der Waals surface area contributed by atoms with E-state index >= 15 is 0 Å². The van der Waals surface area contributed by atoms with E-state index < -0.39 is 0 Å². The van der Waals surface area contributed by atoms with Crippen molar-refractivity contribution in [2.75, 3.05) is 19.6 Å². The first-order valence-electron chi connectivity index (χ1n) is 9.22. The van der Waals surface area contributed by atoms with Crippen molar-refractivity contribution in [1.29, 1.82) is 0 Å². The van der Waals surface area contributed by atoms with Crippen molar-refractivity contribution in [1.82, 2.24) is 4.90 Å². The van der Waals surface area contributed by atoms with Crippen LogP contribution in [0.3, 0.4) is 0 Å². The predicted octanol–water partition coefficient (Wildman–Crippen LogP) is 6.20. The summed E-state index contributed by atoms with van der Waals surface area (Å²) in [5, 5.41) is 0. The molecule has 0 fully saturated rings. The second-order valence-electron chi connectivity index (χ2n) is 5.93. The van der Waals surface area contributed by atoms with Gasteiger partial charge in [0.15, 0.2) is 0 Å². The number of rotatable bonds is 15. The van der Waals surface area contributed by atoms with E-state index in [0.29, 0.717) is 0 Å². The highest BCUT2D eigenvalue weighted by Crippen LogP contribution is 2.11. The minimum Gasteiger partial charge on any atom is -0.300 e. The average Bonchev–Trinajstić information content (AvgIpc) is 2.48. The lowest BCUT2D eigenvalue weighted by Crippen LogP contribution is -2.22. The first kappa shape index (κ1) is 19.7. The maximum atomic E-state index is 2.45. The van der Waals surface area contributed by atoms with E-state index in [1.54, 1.807) is 0 Å². The fraction of sp³-hybridized carbons (Fsp3) is 0.895. The zero-order valence-electron chi connectivity index (χ0n) is 14.5. The van der Waals surface area contributed by atoms with Crippen LogP contribution in [0.4, 0.5) is 0 Å². The van der Waals surface area contributed by atoms with Gasteiger partial charge >= 0.3 is 0 Å². The minimum atomic E-state index is 1.13. The van der Waals surface area contributed by atoms with E-state index in [0.717, 1.165) is 6.54 Å². The van der Waals surface area contributed by atoms with Crippen molar-refractivity contribution in [3.63, 3.8) is 0 Å². The first-order chi connectivity index (χ1) is 9.85. The first-order valence-corrected chi connectivity index (χ1v) is 9.22. The van der Waals surface area contributed by atoms with Crippen molar-refractivity contribution in [2.24, 2.45) is 0 Å². The third kappa shape index (κ3) is 14.1. The molecule has 0 saturated carbocycles. The SMILES string of the molecule is CCCCCCCCCCCCC=CCN(CC)CC. The number of allylic oxidation sites excluding steroid dienone is 1. The summed E-state index contributed by atoms with van der Waals surface area (Å²) in [7, 11) is 0. The van der Waals surface area contributed by atoms with Crippen LogP contribution < -0.4 is 0 Å². The summed E-state index contributed by atoms with van der Waals surface area (Å²) in [5.41, 5.74) is 0. The van der Waals surface area contributed by atoms with E-state index in [9.17, 15) is 0 Å². The largest absolute Gasteiger partial charge is 0.300 e. The molecule has 0 saturated heterocycles. The number of unbranched alkanes of at least 4 members (excludes halogenated alkanes) is 10. The Morgan fingerprint density at radius 2 is 1.10 bits per heavy atom. The summed E-state index contributed by atoms with van der Waals surface area (Å²) in [6.07, 6.45) is 20.3. The second-order valence-corrected chi connectivity index (χ2v) is 5.93. The fourth-order valence-electron chi connectivity index (χ4n) is 2.57. The highest BCUT2D eigenvalue weighted by atomic mass is 15.1. The molecule has 0 aliphatic carbocycles. The second kappa shape index (κ2) is 16.8. The van der Waals surface area contributed by atoms with Gasteiger partial charge in [0, 0.05) is 6.54 Å². The van der Waals surface area contributed by atoms with Gasteiger partial charge in [-0.1, -0.05) is 90.7 Å². The Kier molecular flexibility index (Phi) is 16.5. The number of hydrogen-bond acceptors (Lipinski definition) is 1. The molecule has 0 amide bonds. The maximum absolute atomic E-state index is 2.45. The molecule has 0 aromatic rings. The van der Waals surface area contributed by atoms with Crippen LogP contribution in [0.5, 0.6) is 0 Å². The lowest BCUT2D eigenvalue weighted by atomic mass is 10.1. The van der Waals surface area contributed by atoms with Gasteiger partial charge in [-0.3, -0.25) is 0 Å².